The molecule has 0 spiro atoms. The first-order chi connectivity index (χ1) is 23.3. The molecule has 0 saturated carbocycles. The molecular weight excluding hydrogens is 686 g/mol. The molecule has 2 aromatic carbocycles. The molecule has 0 heterocycles. The normalized spacial score (nSPS) is 10.0. The summed E-state index contributed by atoms with van der Waals surface area (Å²) in [5.41, 5.74) is 3.86. The van der Waals surface area contributed by atoms with E-state index >= 15 is 0 Å². The summed E-state index contributed by atoms with van der Waals surface area (Å²) in [6, 6.07) is 11.8. The van der Waals surface area contributed by atoms with E-state index < -0.39 is 24.1 Å². The molecule has 0 aromatic heterocycles. The molecule has 0 unspecified atom stereocenters. The predicted octanol–water partition coefficient (Wildman–Crippen LogP) is 6.42. The fourth-order valence-electron chi connectivity index (χ4n) is 4.50. The number of carbonyl (C=O) groups is 4. The third-order valence-corrected chi connectivity index (χ3v) is 7.16. The zero-order valence-corrected chi connectivity index (χ0v) is 32.1. The SMILES string of the molecule is CCCCCCCCCCOC(=O)NOc1ccccc1C(=O)[O-].CCCCCCCCCCOC(=O)NOc1ccccc1C(=O)[O-].[Zn+2]. The first kappa shape index (κ1) is 45.1. The van der Waals surface area contributed by atoms with Crippen LogP contribution in [0.15, 0.2) is 48.5 Å². The van der Waals surface area contributed by atoms with Crippen LogP contribution in [0.1, 0.15) is 137 Å². The van der Waals surface area contributed by atoms with Crippen LogP contribution in [0.2, 0.25) is 0 Å². The minimum absolute atomic E-state index is 0. The quantitative estimate of drug-likeness (QED) is 0.0695. The molecular formula is C36H52N2O10Zn. The molecule has 268 valence electrons. The molecule has 2 N–H and O–H groups in total. The van der Waals surface area contributed by atoms with Crippen molar-refractivity contribution in [1.82, 2.24) is 11.0 Å². The average molecular weight is 738 g/mol. The Morgan fingerprint density at radius 3 is 1.14 bits per heavy atom. The van der Waals surface area contributed by atoms with Crippen LogP contribution in [0.25, 0.3) is 0 Å². The molecule has 0 aliphatic heterocycles. The molecule has 2 amide bonds. The Balaban J connectivity index is 0.000000922. The summed E-state index contributed by atoms with van der Waals surface area (Å²) in [6.45, 7) is 5.02. The van der Waals surface area contributed by atoms with E-state index in [0.717, 1.165) is 38.5 Å². The van der Waals surface area contributed by atoms with Crippen LogP contribution in [0.5, 0.6) is 11.5 Å². The number of benzene rings is 2. The first-order valence-electron chi connectivity index (χ1n) is 17.1. The monoisotopic (exact) mass is 736 g/mol. The number of carboxylic acids is 2. The number of aromatic carboxylic acids is 2. The summed E-state index contributed by atoms with van der Waals surface area (Å²) in [5, 5.41) is 21.8. The zero-order valence-electron chi connectivity index (χ0n) is 29.1. The topological polar surface area (TPSA) is 175 Å². The first-order valence-corrected chi connectivity index (χ1v) is 17.1. The number of ether oxygens (including phenoxy) is 2. The summed E-state index contributed by atoms with van der Waals surface area (Å²) >= 11 is 0. The van der Waals surface area contributed by atoms with Gasteiger partial charge in [-0.25, -0.2) is 9.59 Å². The third-order valence-electron chi connectivity index (χ3n) is 7.16. The Morgan fingerprint density at radius 1 is 0.510 bits per heavy atom. The van der Waals surface area contributed by atoms with E-state index in [1.54, 1.807) is 24.3 Å². The van der Waals surface area contributed by atoms with Gasteiger partial charge in [-0.15, -0.1) is 0 Å². The van der Waals surface area contributed by atoms with Gasteiger partial charge in [0.25, 0.3) is 0 Å². The molecule has 0 fully saturated rings. The second-order valence-electron chi connectivity index (χ2n) is 11.2. The van der Waals surface area contributed by atoms with Gasteiger partial charge < -0.3 is 39.0 Å². The van der Waals surface area contributed by atoms with E-state index in [1.165, 1.54) is 88.5 Å². The number of carboxylic acid groups (broad SMARTS) is 2. The number of para-hydroxylation sites is 2. The van der Waals surface area contributed by atoms with Gasteiger partial charge in [0, 0.05) is 11.1 Å². The maximum absolute atomic E-state index is 11.5. The number of unbranched alkanes of at least 4 members (excludes halogenated alkanes) is 14. The van der Waals surface area contributed by atoms with E-state index in [2.05, 4.69) is 24.8 Å². The maximum Gasteiger partial charge on any atom is 2.00 e. The molecule has 0 atom stereocenters. The molecule has 0 aliphatic rings. The molecule has 0 bridgehead atoms. The van der Waals surface area contributed by atoms with E-state index in [-0.39, 0.29) is 42.1 Å². The van der Waals surface area contributed by atoms with Crippen molar-refractivity contribution >= 4 is 24.1 Å². The van der Waals surface area contributed by atoms with Crippen molar-refractivity contribution in [1.29, 1.82) is 0 Å². The Labute approximate surface area is 303 Å². The maximum atomic E-state index is 11.5. The number of nitrogens with one attached hydrogen (secondary N) is 2. The molecule has 0 saturated heterocycles. The fraction of sp³-hybridized carbons (Fsp3) is 0.556. The van der Waals surface area contributed by atoms with Crippen LogP contribution in [0.3, 0.4) is 0 Å². The Hall–Kier alpha value is -3.86. The van der Waals surface area contributed by atoms with Gasteiger partial charge in [0.05, 0.1) is 25.2 Å². The van der Waals surface area contributed by atoms with Crippen LogP contribution in [-0.4, -0.2) is 37.3 Å². The smallest absolute Gasteiger partial charge is 0.545 e. The zero-order chi connectivity index (χ0) is 35.2. The van der Waals surface area contributed by atoms with Gasteiger partial charge in [0.2, 0.25) is 0 Å². The van der Waals surface area contributed by atoms with Gasteiger partial charge in [0.15, 0.2) is 11.5 Å². The van der Waals surface area contributed by atoms with Gasteiger partial charge in [-0.05, 0) is 37.1 Å². The number of amides is 2. The van der Waals surface area contributed by atoms with E-state index in [9.17, 15) is 29.4 Å². The van der Waals surface area contributed by atoms with Gasteiger partial charge in [0.1, 0.15) is 0 Å². The van der Waals surface area contributed by atoms with Gasteiger partial charge in [-0.2, -0.15) is 11.0 Å². The number of carbonyl (C=O) groups excluding carboxylic acids is 4. The summed E-state index contributed by atoms with van der Waals surface area (Å²) in [7, 11) is 0. The van der Waals surface area contributed by atoms with Crippen molar-refractivity contribution in [2.75, 3.05) is 13.2 Å². The van der Waals surface area contributed by atoms with Gasteiger partial charge >= 0.3 is 31.7 Å². The standard InChI is InChI=1S/2C18H27NO5.Zn/c2*1-2-3-4-5-6-7-8-11-14-23-18(22)19-24-16-13-10-9-12-15(16)17(20)21;/h2*9-10,12-13H,2-8,11,14H2,1H3,(H,19,22)(H,20,21);/q;;+2/p-2. The van der Waals surface area contributed by atoms with E-state index in [1.807, 2.05) is 0 Å². The number of hydrogen-bond acceptors (Lipinski definition) is 10. The minimum Gasteiger partial charge on any atom is -0.545 e. The predicted molar refractivity (Wildman–Crippen MR) is 177 cm³/mol. The van der Waals surface area contributed by atoms with Crippen LogP contribution in [0.4, 0.5) is 9.59 Å². The second-order valence-corrected chi connectivity index (χ2v) is 11.2. The van der Waals surface area contributed by atoms with Crippen LogP contribution in [0, 0.1) is 0 Å². The number of rotatable bonds is 24. The van der Waals surface area contributed by atoms with Crippen molar-refractivity contribution < 1.29 is 68.0 Å². The van der Waals surface area contributed by atoms with Crippen molar-refractivity contribution in [2.45, 2.75) is 117 Å². The third kappa shape index (κ3) is 23.2. The Bertz CT molecular complexity index is 1110. The summed E-state index contributed by atoms with van der Waals surface area (Å²) in [5.74, 6) is -2.75. The molecule has 49 heavy (non-hydrogen) atoms. The Morgan fingerprint density at radius 2 is 0.816 bits per heavy atom. The average Bonchev–Trinajstić information content (AvgIpc) is 3.08. The Kier molecular flexibility index (Phi) is 27.8. The summed E-state index contributed by atoms with van der Waals surface area (Å²) in [6.07, 6.45) is 17.1. The van der Waals surface area contributed by atoms with Crippen LogP contribution < -0.4 is 30.8 Å². The molecule has 0 aliphatic carbocycles. The van der Waals surface area contributed by atoms with Crippen molar-refractivity contribution in [3.63, 3.8) is 0 Å². The van der Waals surface area contributed by atoms with Crippen LogP contribution >= 0.6 is 0 Å². The molecule has 12 nitrogen and oxygen atoms in total. The van der Waals surface area contributed by atoms with Crippen molar-refractivity contribution in [3.05, 3.63) is 59.7 Å². The molecule has 13 heteroatoms. The minimum atomic E-state index is -1.38. The van der Waals surface area contributed by atoms with Crippen molar-refractivity contribution in [3.8, 4) is 11.5 Å². The molecule has 0 radical (unpaired) electrons. The summed E-state index contributed by atoms with van der Waals surface area (Å²) in [4.78, 5) is 54.6. The molecule has 2 aromatic rings. The van der Waals surface area contributed by atoms with Crippen LogP contribution in [-0.2, 0) is 29.0 Å². The summed E-state index contributed by atoms with van der Waals surface area (Å²) < 4.78 is 9.94. The largest absolute Gasteiger partial charge is 2.00 e. The second kappa shape index (κ2) is 30.2. The number of hydrogen-bond donors (Lipinski definition) is 2. The fourth-order valence-corrected chi connectivity index (χ4v) is 4.50. The van der Waals surface area contributed by atoms with Gasteiger partial charge in [-0.3, -0.25) is 0 Å². The van der Waals surface area contributed by atoms with Gasteiger partial charge in [-0.1, -0.05) is 128 Å². The van der Waals surface area contributed by atoms with E-state index in [4.69, 9.17) is 19.1 Å². The number of hydroxylamine groups is 2. The van der Waals surface area contributed by atoms with E-state index in [0.29, 0.717) is 13.2 Å². The molecule has 2 rings (SSSR count). The van der Waals surface area contributed by atoms with Crippen molar-refractivity contribution in [2.24, 2.45) is 0 Å².